The van der Waals surface area contributed by atoms with E-state index in [1.165, 1.54) is 0 Å². The number of rotatable bonds is 26. The van der Waals surface area contributed by atoms with Gasteiger partial charge in [-0.05, 0) is 85.7 Å². The molecule has 304 valence electrons. The van der Waals surface area contributed by atoms with E-state index in [1.54, 1.807) is 48.9 Å². The van der Waals surface area contributed by atoms with Crippen LogP contribution in [0.25, 0.3) is 10.8 Å². The molecule has 4 rings (SSSR count). The average Bonchev–Trinajstić information content (AvgIpc) is 3.21. The number of ether oxygens (including phenoxy) is 8. The first-order valence-corrected chi connectivity index (χ1v) is 20.0. The molecule has 2 aliphatic heterocycles. The van der Waals surface area contributed by atoms with Crippen LogP contribution in [-0.4, -0.2) is 62.9 Å². The average molecular weight is 777 g/mol. The van der Waals surface area contributed by atoms with Gasteiger partial charge in [-0.1, -0.05) is 63.5 Å². The monoisotopic (exact) mass is 776 g/mol. The molecule has 0 aliphatic carbocycles. The van der Waals surface area contributed by atoms with Gasteiger partial charge in [0.05, 0.1) is 39.0 Å². The van der Waals surface area contributed by atoms with Gasteiger partial charge >= 0.3 is 23.9 Å². The van der Waals surface area contributed by atoms with Crippen molar-refractivity contribution in [3.05, 3.63) is 85.4 Å². The van der Waals surface area contributed by atoms with Crippen molar-refractivity contribution >= 4 is 34.6 Å². The van der Waals surface area contributed by atoms with Crippen LogP contribution in [0, 0.1) is 0 Å². The van der Waals surface area contributed by atoms with E-state index in [0.29, 0.717) is 13.2 Å². The Bertz CT molecular complexity index is 1510. The summed E-state index contributed by atoms with van der Waals surface area (Å²) in [5.41, 5.74) is 0. The standard InChI is InChI=1S/C44H56O12/c45-39(49-27-11-5-1-3-7-13-29-51-43-17-9-15-31-53-43)23-25-41(47)55-37-21-19-36-34-38(22-20-35(36)33-37)56-42(48)26-24-40(46)50-28-12-6-2-4-8-14-30-52-44-18-10-16-32-54-44/h15-16,19-26,31-34,43-44H,1-14,17-18,27-30H2/b25-23+,26-24+. The lowest BCUT2D eigenvalue weighted by molar-refractivity contribution is -0.139. The van der Waals surface area contributed by atoms with Crippen LogP contribution in [0.2, 0.25) is 0 Å². The zero-order valence-electron chi connectivity index (χ0n) is 32.3. The zero-order valence-corrected chi connectivity index (χ0v) is 32.3. The number of unbranched alkanes of at least 4 members (excludes halogenated alkanes) is 10. The fourth-order valence-corrected chi connectivity index (χ4v) is 5.86. The SMILES string of the molecule is O=C(/C=C/C(=O)Oc1ccc2cc(OC(=O)/C=C/C(=O)OCCCCCCCCOC3CCC=CO3)ccc2c1)OCCCCCCCCOC1CCC=CO1. The molecule has 12 nitrogen and oxygen atoms in total. The molecule has 0 saturated heterocycles. The Morgan fingerprint density at radius 1 is 0.500 bits per heavy atom. The molecule has 0 saturated carbocycles. The molecule has 0 N–H and O–H groups in total. The van der Waals surface area contributed by atoms with Crippen molar-refractivity contribution in [2.24, 2.45) is 0 Å². The summed E-state index contributed by atoms with van der Waals surface area (Å²) in [6.07, 6.45) is 26.9. The van der Waals surface area contributed by atoms with Crippen molar-refractivity contribution in [3.8, 4) is 11.5 Å². The number of hydrogen-bond donors (Lipinski definition) is 0. The van der Waals surface area contributed by atoms with Crippen molar-refractivity contribution in [1.29, 1.82) is 0 Å². The Labute approximate surface area is 329 Å². The van der Waals surface area contributed by atoms with Gasteiger partial charge in [0.2, 0.25) is 0 Å². The van der Waals surface area contributed by atoms with Crippen LogP contribution >= 0.6 is 0 Å². The molecule has 56 heavy (non-hydrogen) atoms. The highest BCUT2D eigenvalue weighted by Crippen LogP contribution is 2.25. The minimum atomic E-state index is -0.719. The minimum Gasteiger partial charge on any atom is -0.473 e. The molecule has 2 aliphatic rings. The predicted octanol–water partition coefficient (Wildman–Crippen LogP) is 8.86. The molecular weight excluding hydrogens is 720 g/mol. The molecule has 12 heteroatoms. The molecule has 0 radical (unpaired) electrons. The summed E-state index contributed by atoms with van der Waals surface area (Å²) in [5, 5.41) is 1.46. The lowest BCUT2D eigenvalue weighted by atomic mass is 10.1. The first-order valence-electron chi connectivity index (χ1n) is 20.0. The van der Waals surface area contributed by atoms with Crippen molar-refractivity contribution in [1.82, 2.24) is 0 Å². The number of carbonyl (C=O) groups is 4. The summed E-state index contributed by atoms with van der Waals surface area (Å²) in [4.78, 5) is 48.6. The van der Waals surface area contributed by atoms with Gasteiger partial charge in [0, 0.05) is 37.1 Å². The van der Waals surface area contributed by atoms with E-state index < -0.39 is 23.9 Å². The Morgan fingerprint density at radius 3 is 1.27 bits per heavy atom. The number of allylic oxidation sites excluding steroid dienone is 2. The summed E-state index contributed by atoms with van der Waals surface area (Å²) >= 11 is 0. The second kappa shape index (κ2) is 26.8. The first-order chi connectivity index (χ1) is 27.4. The highest BCUT2D eigenvalue weighted by Gasteiger charge is 2.12. The Morgan fingerprint density at radius 2 is 0.875 bits per heavy atom. The quantitative estimate of drug-likeness (QED) is 0.0390. The molecule has 2 heterocycles. The fraction of sp³-hybridized carbons (Fsp3) is 0.500. The molecule has 0 aromatic heterocycles. The molecule has 0 amide bonds. The molecule has 0 bridgehead atoms. The molecule has 2 atom stereocenters. The molecule has 2 aromatic rings. The molecular formula is C44H56O12. The highest BCUT2D eigenvalue weighted by atomic mass is 16.7. The smallest absolute Gasteiger partial charge is 0.336 e. The summed E-state index contributed by atoms with van der Waals surface area (Å²) in [5.74, 6) is -2.09. The van der Waals surface area contributed by atoms with E-state index >= 15 is 0 Å². The lowest BCUT2D eigenvalue weighted by Gasteiger charge is -2.19. The lowest BCUT2D eigenvalue weighted by Crippen LogP contribution is -2.17. The maximum atomic E-state index is 12.3. The third-order valence-corrected chi connectivity index (χ3v) is 8.90. The second-order valence-corrected chi connectivity index (χ2v) is 13.5. The van der Waals surface area contributed by atoms with Crippen molar-refractivity contribution in [2.45, 2.75) is 115 Å². The molecule has 0 fully saturated rings. The van der Waals surface area contributed by atoms with Crippen LogP contribution < -0.4 is 9.47 Å². The van der Waals surface area contributed by atoms with Gasteiger partial charge in [-0.15, -0.1) is 0 Å². The third-order valence-electron chi connectivity index (χ3n) is 8.90. The van der Waals surface area contributed by atoms with Gasteiger partial charge in [0.25, 0.3) is 0 Å². The number of carbonyl (C=O) groups excluding carboxylic acids is 4. The molecule has 2 aromatic carbocycles. The van der Waals surface area contributed by atoms with Crippen molar-refractivity contribution in [3.63, 3.8) is 0 Å². The Hall–Kier alpha value is -4.94. The maximum absolute atomic E-state index is 12.3. The number of esters is 4. The van der Waals surface area contributed by atoms with E-state index in [4.69, 9.17) is 37.9 Å². The van der Waals surface area contributed by atoms with E-state index in [0.717, 1.165) is 138 Å². The van der Waals surface area contributed by atoms with Gasteiger partial charge in [0.15, 0.2) is 12.6 Å². The molecule has 0 spiro atoms. The Kier molecular flexibility index (Phi) is 20.9. The summed E-state index contributed by atoms with van der Waals surface area (Å²) in [6, 6.07) is 9.89. The highest BCUT2D eigenvalue weighted by molar-refractivity contribution is 5.94. The molecule has 2 unspecified atom stereocenters. The first kappa shape index (κ1) is 43.8. The van der Waals surface area contributed by atoms with Gasteiger partial charge in [-0.2, -0.15) is 0 Å². The zero-order chi connectivity index (χ0) is 39.5. The second-order valence-electron chi connectivity index (χ2n) is 13.5. The van der Waals surface area contributed by atoms with Gasteiger partial charge in [-0.25, -0.2) is 19.2 Å². The topological polar surface area (TPSA) is 142 Å². The van der Waals surface area contributed by atoms with Crippen molar-refractivity contribution in [2.75, 3.05) is 26.4 Å². The number of fused-ring (bicyclic) bond motifs is 1. The van der Waals surface area contributed by atoms with Gasteiger partial charge < -0.3 is 37.9 Å². The van der Waals surface area contributed by atoms with Crippen LogP contribution in [0.3, 0.4) is 0 Å². The number of benzene rings is 2. The van der Waals surface area contributed by atoms with Crippen LogP contribution in [0.5, 0.6) is 11.5 Å². The largest absolute Gasteiger partial charge is 0.473 e. The summed E-state index contributed by atoms with van der Waals surface area (Å²) in [6.45, 7) is 1.96. The van der Waals surface area contributed by atoms with E-state index in [1.807, 2.05) is 12.2 Å². The third kappa shape index (κ3) is 19.1. The van der Waals surface area contributed by atoms with E-state index in [9.17, 15) is 19.2 Å². The summed E-state index contributed by atoms with van der Waals surface area (Å²) in [7, 11) is 0. The fourth-order valence-electron chi connectivity index (χ4n) is 5.86. The van der Waals surface area contributed by atoms with Gasteiger partial charge in [0.1, 0.15) is 11.5 Å². The Balaban J connectivity index is 1.01. The predicted molar refractivity (Wildman–Crippen MR) is 209 cm³/mol. The van der Waals surface area contributed by atoms with Crippen LogP contribution in [0.4, 0.5) is 0 Å². The van der Waals surface area contributed by atoms with Crippen LogP contribution in [-0.2, 0) is 47.6 Å². The van der Waals surface area contributed by atoms with Gasteiger partial charge in [-0.3, -0.25) is 0 Å². The minimum absolute atomic E-state index is 0.115. The number of hydrogen-bond acceptors (Lipinski definition) is 12. The van der Waals surface area contributed by atoms with Crippen LogP contribution in [0.15, 0.2) is 85.4 Å². The van der Waals surface area contributed by atoms with Crippen LogP contribution in [0.1, 0.15) is 103 Å². The van der Waals surface area contributed by atoms with Crippen molar-refractivity contribution < 1.29 is 57.1 Å². The van der Waals surface area contributed by atoms with E-state index in [2.05, 4.69) is 0 Å². The normalized spacial score (nSPS) is 16.4. The maximum Gasteiger partial charge on any atom is 0.336 e. The summed E-state index contributed by atoms with van der Waals surface area (Å²) < 4.78 is 43.2. The van der Waals surface area contributed by atoms with E-state index in [-0.39, 0.29) is 37.3 Å².